The molecule has 0 bridgehead atoms. The van der Waals surface area contributed by atoms with Gasteiger partial charge in [0.05, 0.1) is 11.2 Å². The Bertz CT molecular complexity index is 882. The van der Waals surface area contributed by atoms with E-state index in [-0.39, 0.29) is 10.5 Å². The van der Waals surface area contributed by atoms with Gasteiger partial charge in [0.2, 0.25) is 0 Å². The number of aryl methyl sites for hydroxylation is 1. The van der Waals surface area contributed by atoms with E-state index in [2.05, 4.69) is 9.97 Å². The van der Waals surface area contributed by atoms with Crippen LogP contribution in [0.15, 0.2) is 24.3 Å². The zero-order chi connectivity index (χ0) is 14.4. The number of hydrogen-bond acceptors (Lipinski definition) is 2. The van der Waals surface area contributed by atoms with Crippen LogP contribution in [-0.4, -0.2) is 14.5 Å². The molecule has 0 atom stereocenters. The molecule has 0 saturated heterocycles. The van der Waals surface area contributed by atoms with Gasteiger partial charge in [0.15, 0.2) is 22.1 Å². The molecule has 3 rings (SSSR count). The first kappa shape index (κ1) is 12.9. The molecule has 0 aliphatic rings. The van der Waals surface area contributed by atoms with Gasteiger partial charge in [0, 0.05) is 17.8 Å². The molecule has 1 aromatic carbocycles. The first-order valence-corrected chi connectivity index (χ1v) is 6.11. The van der Waals surface area contributed by atoms with Crippen molar-refractivity contribution in [2.75, 3.05) is 0 Å². The lowest BCUT2D eigenvalue weighted by atomic mass is 10.2. The van der Waals surface area contributed by atoms with Crippen LogP contribution in [0.1, 0.15) is 5.69 Å². The molecule has 102 valence electrons. The number of hydrogen-bond donors (Lipinski definition) is 1. The second-order valence-electron chi connectivity index (χ2n) is 4.31. The van der Waals surface area contributed by atoms with Crippen molar-refractivity contribution in [2.45, 2.75) is 6.92 Å². The second-order valence-corrected chi connectivity index (χ2v) is 4.70. The van der Waals surface area contributed by atoms with Crippen molar-refractivity contribution < 1.29 is 13.2 Å². The Morgan fingerprint density at radius 1 is 1.20 bits per heavy atom. The van der Waals surface area contributed by atoms with Crippen molar-refractivity contribution in [3.8, 4) is 5.69 Å². The van der Waals surface area contributed by atoms with Gasteiger partial charge in [0.25, 0.3) is 0 Å². The molecule has 7 heteroatoms. The molecule has 0 radical (unpaired) electrons. The minimum Gasteiger partial charge on any atom is -0.329 e. The van der Waals surface area contributed by atoms with Gasteiger partial charge in [-0.05, 0) is 31.3 Å². The highest BCUT2D eigenvalue weighted by atomic mass is 32.1. The number of pyridine rings is 1. The van der Waals surface area contributed by atoms with Gasteiger partial charge < -0.3 is 4.98 Å². The van der Waals surface area contributed by atoms with E-state index in [0.717, 1.165) is 6.07 Å². The van der Waals surface area contributed by atoms with Crippen LogP contribution < -0.4 is 0 Å². The summed E-state index contributed by atoms with van der Waals surface area (Å²) in [5.41, 5.74) is 1.25. The molecule has 0 aliphatic heterocycles. The third-order valence-corrected chi connectivity index (χ3v) is 3.17. The molecule has 1 N–H and O–H groups in total. The van der Waals surface area contributed by atoms with E-state index < -0.39 is 17.5 Å². The number of benzene rings is 1. The monoisotopic (exact) mass is 295 g/mol. The van der Waals surface area contributed by atoms with Crippen LogP contribution in [0, 0.1) is 29.1 Å². The van der Waals surface area contributed by atoms with Crippen LogP contribution in [0.4, 0.5) is 13.2 Å². The molecule has 3 aromatic rings. The number of H-pyrrole nitrogens is 1. The lowest BCUT2D eigenvalue weighted by Crippen LogP contribution is -2.02. The van der Waals surface area contributed by atoms with E-state index in [1.54, 1.807) is 19.1 Å². The maximum Gasteiger partial charge on any atom is 0.184 e. The third-order valence-electron chi connectivity index (χ3n) is 2.89. The number of nitrogens with one attached hydrogen (secondary N) is 1. The van der Waals surface area contributed by atoms with Crippen molar-refractivity contribution in [2.24, 2.45) is 0 Å². The van der Waals surface area contributed by atoms with Crippen LogP contribution >= 0.6 is 12.2 Å². The summed E-state index contributed by atoms with van der Waals surface area (Å²) in [5.74, 6) is -3.33. The van der Waals surface area contributed by atoms with Crippen LogP contribution in [0.5, 0.6) is 0 Å². The van der Waals surface area contributed by atoms with Gasteiger partial charge in [-0.15, -0.1) is 0 Å². The van der Waals surface area contributed by atoms with E-state index in [9.17, 15) is 13.2 Å². The Morgan fingerprint density at radius 3 is 2.70 bits per heavy atom. The molecule has 0 aliphatic carbocycles. The van der Waals surface area contributed by atoms with Crippen molar-refractivity contribution in [3.63, 3.8) is 0 Å². The van der Waals surface area contributed by atoms with Gasteiger partial charge in [0.1, 0.15) is 5.82 Å². The summed E-state index contributed by atoms with van der Waals surface area (Å²) in [6.45, 7) is 1.75. The molecular formula is C13H8F3N3S. The number of nitrogens with zero attached hydrogens (tertiary/aromatic N) is 2. The van der Waals surface area contributed by atoms with Gasteiger partial charge in [-0.1, -0.05) is 0 Å². The predicted molar refractivity (Wildman–Crippen MR) is 70.9 cm³/mol. The molecule has 3 nitrogen and oxygen atoms in total. The van der Waals surface area contributed by atoms with Crippen molar-refractivity contribution in [1.29, 1.82) is 0 Å². The zero-order valence-electron chi connectivity index (χ0n) is 10.2. The fraction of sp³-hybridized carbons (Fsp3) is 0.0769. The van der Waals surface area contributed by atoms with E-state index in [0.29, 0.717) is 22.9 Å². The summed E-state index contributed by atoms with van der Waals surface area (Å²) < 4.78 is 41.9. The second kappa shape index (κ2) is 4.45. The van der Waals surface area contributed by atoms with Gasteiger partial charge in [-0.3, -0.25) is 4.57 Å². The number of aromatic amines is 1. The van der Waals surface area contributed by atoms with Crippen LogP contribution in [0.25, 0.3) is 16.9 Å². The fourth-order valence-corrected chi connectivity index (χ4v) is 2.30. The summed E-state index contributed by atoms with van der Waals surface area (Å²) in [5, 5.41) is 0. The molecule has 0 fully saturated rings. The lowest BCUT2D eigenvalue weighted by Gasteiger charge is -2.06. The Labute approximate surface area is 116 Å². The molecule has 20 heavy (non-hydrogen) atoms. The highest BCUT2D eigenvalue weighted by Gasteiger charge is 2.16. The number of halogens is 3. The molecule has 2 heterocycles. The zero-order valence-corrected chi connectivity index (χ0v) is 11.1. The van der Waals surface area contributed by atoms with Crippen LogP contribution in [-0.2, 0) is 0 Å². The summed E-state index contributed by atoms with van der Waals surface area (Å²) in [4.78, 5) is 7.05. The number of aromatic nitrogens is 3. The Balaban J connectivity index is 2.43. The lowest BCUT2D eigenvalue weighted by molar-refractivity contribution is 0.491. The fourth-order valence-electron chi connectivity index (χ4n) is 2.01. The predicted octanol–water partition coefficient (Wildman–Crippen LogP) is 3.81. The average Bonchev–Trinajstić information content (AvgIpc) is 2.69. The molecule has 0 spiro atoms. The number of imidazole rings is 1. The first-order valence-electron chi connectivity index (χ1n) is 5.70. The minimum atomic E-state index is -1.27. The molecule has 0 unspecified atom stereocenters. The van der Waals surface area contributed by atoms with Gasteiger partial charge in [-0.25, -0.2) is 18.2 Å². The van der Waals surface area contributed by atoms with E-state index in [1.165, 1.54) is 4.57 Å². The van der Waals surface area contributed by atoms with E-state index >= 15 is 0 Å². The maximum absolute atomic E-state index is 13.9. The van der Waals surface area contributed by atoms with Crippen molar-refractivity contribution in [3.05, 3.63) is 52.2 Å². The standard InChI is InChI=1S/C13H8F3N3S/c1-6-2-3-9-12(17-6)19(13(20)18-9)10-5-7(14)4-8(15)11(10)16/h2-5H,1H3,(H,18,20). The molecule has 2 aromatic heterocycles. The van der Waals surface area contributed by atoms with E-state index in [1.807, 2.05) is 0 Å². The number of rotatable bonds is 1. The Hall–Kier alpha value is -2.15. The summed E-state index contributed by atoms with van der Waals surface area (Å²) >= 11 is 5.08. The summed E-state index contributed by atoms with van der Waals surface area (Å²) in [6.07, 6.45) is 0. The van der Waals surface area contributed by atoms with Crippen molar-refractivity contribution in [1.82, 2.24) is 14.5 Å². The van der Waals surface area contributed by atoms with Gasteiger partial charge >= 0.3 is 0 Å². The Morgan fingerprint density at radius 2 is 1.95 bits per heavy atom. The highest BCUT2D eigenvalue weighted by molar-refractivity contribution is 7.71. The maximum atomic E-state index is 13.9. The Kier molecular flexibility index (Phi) is 2.86. The normalized spacial score (nSPS) is 11.2. The van der Waals surface area contributed by atoms with Gasteiger partial charge in [-0.2, -0.15) is 0 Å². The SMILES string of the molecule is Cc1ccc2[nH]c(=S)n(-c3cc(F)cc(F)c3F)c2n1. The first-order chi connectivity index (χ1) is 9.47. The summed E-state index contributed by atoms with van der Waals surface area (Å²) in [6, 6.07) is 4.83. The molecule has 0 amide bonds. The number of fused-ring (bicyclic) bond motifs is 1. The molecule has 0 saturated carbocycles. The average molecular weight is 295 g/mol. The minimum absolute atomic E-state index is 0.113. The van der Waals surface area contributed by atoms with E-state index in [4.69, 9.17) is 12.2 Å². The quantitative estimate of drug-likeness (QED) is 0.547. The smallest absolute Gasteiger partial charge is 0.184 e. The largest absolute Gasteiger partial charge is 0.329 e. The van der Waals surface area contributed by atoms with Crippen molar-refractivity contribution >= 4 is 23.4 Å². The third kappa shape index (κ3) is 1.90. The molecular weight excluding hydrogens is 287 g/mol. The van der Waals surface area contributed by atoms with Crippen LogP contribution in [0.2, 0.25) is 0 Å². The highest BCUT2D eigenvalue weighted by Crippen LogP contribution is 2.23. The summed E-state index contributed by atoms with van der Waals surface area (Å²) in [7, 11) is 0. The topological polar surface area (TPSA) is 33.6 Å². The van der Waals surface area contributed by atoms with Crippen LogP contribution in [0.3, 0.4) is 0 Å².